The van der Waals surface area contributed by atoms with Crippen molar-refractivity contribution in [1.82, 2.24) is 15.0 Å². The highest BCUT2D eigenvalue weighted by molar-refractivity contribution is 5.36. The molecule has 7 heteroatoms. The fourth-order valence-electron chi connectivity index (χ4n) is 1.26. The first-order chi connectivity index (χ1) is 8.19. The van der Waals surface area contributed by atoms with E-state index in [-0.39, 0.29) is 12.1 Å². The Morgan fingerprint density at radius 1 is 1.18 bits per heavy atom. The average Bonchev–Trinajstić information content (AvgIpc) is 2.29. The maximum Gasteiger partial charge on any atom is 0.322 e. The first kappa shape index (κ1) is 13.4. The van der Waals surface area contributed by atoms with Crippen LogP contribution in [0.3, 0.4) is 0 Å². The lowest BCUT2D eigenvalue weighted by Crippen LogP contribution is -2.23. The van der Waals surface area contributed by atoms with E-state index in [1.807, 2.05) is 13.8 Å². The average molecular weight is 241 g/mol. The summed E-state index contributed by atoms with van der Waals surface area (Å²) in [6.45, 7) is 5.26. The SMILES string of the molecule is CCNc1nc(NC(C)COC)nc(OC)n1. The number of aromatic nitrogens is 3. The van der Waals surface area contributed by atoms with Crippen LogP contribution in [-0.2, 0) is 4.74 Å². The van der Waals surface area contributed by atoms with Crippen molar-refractivity contribution in [3.63, 3.8) is 0 Å². The number of nitrogens with one attached hydrogen (secondary N) is 2. The van der Waals surface area contributed by atoms with Gasteiger partial charge in [-0.25, -0.2) is 0 Å². The Kier molecular flexibility index (Phi) is 5.41. The standard InChI is InChI=1S/C10H19N5O2/c1-5-11-8-13-9(12-7(2)6-16-3)15-10(14-8)17-4/h7H,5-6H2,1-4H3,(H2,11,12,13,14,15). The van der Waals surface area contributed by atoms with Crippen LogP contribution in [0, 0.1) is 0 Å². The zero-order valence-corrected chi connectivity index (χ0v) is 10.6. The van der Waals surface area contributed by atoms with Crippen LogP contribution in [0.25, 0.3) is 0 Å². The van der Waals surface area contributed by atoms with Crippen LogP contribution in [0.1, 0.15) is 13.8 Å². The number of hydrogen-bond donors (Lipinski definition) is 2. The molecule has 7 nitrogen and oxygen atoms in total. The number of anilines is 2. The first-order valence-corrected chi connectivity index (χ1v) is 5.49. The third-order valence-corrected chi connectivity index (χ3v) is 1.92. The summed E-state index contributed by atoms with van der Waals surface area (Å²) in [6.07, 6.45) is 0. The molecule has 0 fully saturated rings. The smallest absolute Gasteiger partial charge is 0.322 e. The van der Waals surface area contributed by atoms with Crippen molar-refractivity contribution in [3.8, 4) is 6.01 Å². The summed E-state index contributed by atoms with van der Waals surface area (Å²) < 4.78 is 10.0. The van der Waals surface area contributed by atoms with E-state index >= 15 is 0 Å². The number of ether oxygens (including phenoxy) is 2. The van der Waals surface area contributed by atoms with Crippen LogP contribution >= 0.6 is 0 Å². The summed E-state index contributed by atoms with van der Waals surface area (Å²) in [5.41, 5.74) is 0. The van der Waals surface area contributed by atoms with Gasteiger partial charge in [-0.1, -0.05) is 0 Å². The van der Waals surface area contributed by atoms with Gasteiger partial charge in [-0.2, -0.15) is 15.0 Å². The van der Waals surface area contributed by atoms with Crippen molar-refractivity contribution in [2.75, 3.05) is 38.0 Å². The van der Waals surface area contributed by atoms with Gasteiger partial charge in [-0.15, -0.1) is 0 Å². The molecule has 1 aromatic rings. The summed E-state index contributed by atoms with van der Waals surface area (Å²) in [4.78, 5) is 12.4. The summed E-state index contributed by atoms with van der Waals surface area (Å²) in [6, 6.07) is 0.393. The molecule has 0 aliphatic heterocycles. The van der Waals surface area contributed by atoms with Gasteiger partial charge in [0.2, 0.25) is 11.9 Å². The first-order valence-electron chi connectivity index (χ1n) is 5.49. The number of hydrogen-bond acceptors (Lipinski definition) is 7. The molecular formula is C10H19N5O2. The Labute approximate surface area is 101 Å². The number of nitrogens with zero attached hydrogens (tertiary/aromatic N) is 3. The Morgan fingerprint density at radius 3 is 2.47 bits per heavy atom. The number of methoxy groups -OCH3 is 2. The van der Waals surface area contributed by atoms with Gasteiger partial charge >= 0.3 is 6.01 Å². The van der Waals surface area contributed by atoms with E-state index in [0.717, 1.165) is 6.54 Å². The largest absolute Gasteiger partial charge is 0.467 e. The van der Waals surface area contributed by atoms with Crippen molar-refractivity contribution in [3.05, 3.63) is 0 Å². The van der Waals surface area contributed by atoms with Crippen molar-refractivity contribution in [2.45, 2.75) is 19.9 Å². The van der Waals surface area contributed by atoms with Crippen molar-refractivity contribution >= 4 is 11.9 Å². The second kappa shape index (κ2) is 6.85. The van der Waals surface area contributed by atoms with Gasteiger partial charge in [-0.05, 0) is 13.8 Å². The van der Waals surface area contributed by atoms with Crippen molar-refractivity contribution in [1.29, 1.82) is 0 Å². The van der Waals surface area contributed by atoms with Gasteiger partial charge in [-0.3, -0.25) is 0 Å². The Bertz CT molecular complexity index is 347. The van der Waals surface area contributed by atoms with E-state index in [9.17, 15) is 0 Å². The van der Waals surface area contributed by atoms with E-state index < -0.39 is 0 Å². The quantitative estimate of drug-likeness (QED) is 0.729. The molecule has 17 heavy (non-hydrogen) atoms. The second-order valence-corrected chi connectivity index (χ2v) is 3.50. The Hall–Kier alpha value is -1.63. The maximum absolute atomic E-state index is 5.03. The molecule has 0 bridgehead atoms. The predicted octanol–water partition coefficient (Wildman–Crippen LogP) is 0.759. The third kappa shape index (κ3) is 4.39. The zero-order chi connectivity index (χ0) is 12.7. The molecule has 2 N–H and O–H groups in total. The van der Waals surface area contributed by atoms with Crippen LogP contribution in [0.2, 0.25) is 0 Å². The normalized spacial score (nSPS) is 12.0. The predicted molar refractivity (Wildman–Crippen MR) is 65.5 cm³/mol. The maximum atomic E-state index is 5.03. The number of rotatable bonds is 7. The molecule has 0 saturated carbocycles. The lowest BCUT2D eigenvalue weighted by atomic mass is 10.4. The molecule has 0 spiro atoms. The van der Waals surface area contributed by atoms with Crippen LogP contribution < -0.4 is 15.4 Å². The van der Waals surface area contributed by atoms with Crippen LogP contribution in [-0.4, -0.2) is 48.4 Å². The molecule has 0 radical (unpaired) electrons. The van der Waals surface area contributed by atoms with E-state index in [0.29, 0.717) is 18.5 Å². The molecule has 1 unspecified atom stereocenters. The third-order valence-electron chi connectivity index (χ3n) is 1.92. The highest BCUT2D eigenvalue weighted by Crippen LogP contribution is 2.11. The van der Waals surface area contributed by atoms with Crippen LogP contribution in [0.4, 0.5) is 11.9 Å². The fraction of sp³-hybridized carbons (Fsp3) is 0.700. The minimum atomic E-state index is 0.113. The van der Waals surface area contributed by atoms with Gasteiger partial charge in [0.15, 0.2) is 0 Å². The van der Waals surface area contributed by atoms with Gasteiger partial charge in [0, 0.05) is 19.7 Å². The van der Waals surface area contributed by atoms with Crippen molar-refractivity contribution in [2.24, 2.45) is 0 Å². The molecule has 0 amide bonds. The minimum absolute atomic E-state index is 0.113. The molecular weight excluding hydrogens is 222 g/mol. The molecule has 1 heterocycles. The lowest BCUT2D eigenvalue weighted by Gasteiger charge is -2.13. The Balaban J connectivity index is 2.79. The molecule has 1 rings (SSSR count). The van der Waals surface area contributed by atoms with E-state index in [4.69, 9.17) is 9.47 Å². The monoisotopic (exact) mass is 241 g/mol. The highest BCUT2D eigenvalue weighted by atomic mass is 16.5. The van der Waals surface area contributed by atoms with Gasteiger partial charge in [0.1, 0.15) is 0 Å². The lowest BCUT2D eigenvalue weighted by molar-refractivity contribution is 0.190. The molecule has 1 atom stereocenters. The summed E-state index contributed by atoms with van der Waals surface area (Å²) in [5.74, 6) is 0.962. The summed E-state index contributed by atoms with van der Waals surface area (Å²) in [5, 5.41) is 6.12. The summed E-state index contributed by atoms with van der Waals surface area (Å²) in [7, 11) is 3.17. The minimum Gasteiger partial charge on any atom is -0.467 e. The van der Waals surface area contributed by atoms with E-state index in [2.05, 4.69) is 25.6 Å². The molecule has 96 valence electrons. The second-order valence-electron chi connectivity index (χ2n) is 3.50. The van der Waals surface area contributed by atoms with Gasteiger partial charge < -0.3 is 20.1 Å². The van der Waals surface area contributed by atoms with E-state index in [1.54, 1.807) is 7.11 Å². The van der Waals surface area contributed by atoms with Crippen LogP contribution in [0.5, 0.6) is 6.01 Å². The topological polar surface area (TPSA) is 81.2 Å². The highest BCUT2D eigenvalue weighted by Gasteiger charge is 2.08. The molecule has 1 aromatic heterocycles. The molecule has 0 saturated heterocycles. The van der Waals surface area contributed by atoms with Crippen LogP contribution in [0.15, 0.2) is 0 Å². The summed E-state index contributed by atoms with van der Waals surface area (Å²) >= 11 is 0. The van der Waals surface area contributed by atoms with E-state index in [1.165, 1.54) is 7.11 Å². The zero-order valence-electron chi connectivity index (χ0n) is 10.6. The molecule has 0 aliphatic carbocycles. The Morgan fingerprint density at radius 2 is 1.88 bits per heavy atom. The van der Waals surface area contributed by atoms with Gasteiger partial charge in [0.05, 0.1) is 13.7 Å². The van der Waals surface area contributed by atoms with Crippen molar-refractivity contribution < 1.29 is 9.47 Å². The molecule has 0 aromatic carbocycles. The fourth-order valence-corrected chi connectivity index (χ4v) is 1.26. The van der Waals surface area contributed by atoms with Gasteiger partial charge in [0.25, 0.3) is 0 Å². The molecule has 0 aliphatic rings.